The van der Waals surface area contributed by atoms with E-state index in [1.165, 1.54) is 24.3 Å². The molecule has 1 aromatic rings. The van der Waals surface area contributed by atoms with Gasteiger partial charge in [0.15, 0.2) is 5.96 Å². The van der Waals surface area contributed by atoms with E-state index in [1.807, 2.05) is 0 Å². The fraction of sp³-hybridized carbons (Fsp3) is 0.522. The Hall–Kier alpha value is -3.52. The van der Waals surface area contributed by atoms with Crippen molar-refractivity contribution in [2.75, 3.05) is 12.3 Å². The number of rotatable bonds is 15. The van der Waals surface area contributed by atoms with Gasteiger partial charge in [-0.15, -0.1) is 0 Å². The summed E-state index contributed by atoms with van der Waals surface area (Å²) in [5.41, 5.74) is 16.9. The van der Waals surface area contributed by atoms with Gasteiger partial charge in [0.2, 0.25) is 17.7 Å². The molecule has 0 aliphatic heterocycles. The van der Waals surface area contributed by atoms with Gasteiger partial charge in [0.05, 0.1) is 6.04 Å². The molecule has 37 heavy (non-hydrogen) atoms. The van der Waals surface area contributed by atoms with Crippen molar-refractivity contribution in [2.24, 2.45) is 28.1 Å². The number of carboxylic acids is 1. The van der Waals surface area contributed by atoms with Crippen molar-refractivity contribution in [1.82, 2.24) is 16.0 Å². The van der Waals surface area contributed by atoms with Crippen LogP contribution in [0.3, 0.4) is 0 Å². The number of hydrogen-bond donors (Lipinski definition) is 9. The molecule has 0 radical (unpaired) electrons. The first-order valence-electron chi connectivity index (χ1n) is 11.7. The van der Waals surface area contributed by atoms with Gasteiger partial charge in [-0.1, -0.05) is 26.0 Å². The summed E-state index contributed by atoms with van der Waals surface area (Å²) < 4.78 is 0. The molecule has 0 spiro atoms. The van der Waals surface area contributed by atoms with Crippen LogP contribution in [0, 0.1) is 5.92 Å². The second kappa shape index (κ2) is 15.6. The predicted molar refractivity (Wildman–Crippen MR) is 142 cm³/mol. The molecule has 0 bridgehead atoms. The van der Waals surface area contributed by atoms with E-state index in [0.29, 0.717) is 12.0 Å². The zero-order chi connectivity index (χ0) is 28.1. The minimum Gasteiger partial charge on any atom is -0.508 e. The maximum Gasteiger partial charge on any atom is 0.326 e. The summed E-state index contributed by atoms with van der Waals surface area (Å²) in [6.45, 7) is 3.60. The van der Waals surface area contributed by atoms with E-state index in [2.05, 4.69) is 33.6 Å². The van der Waals surface area contributed by atoms with E-state index in [0.717, 1.165) is 0 Å². The molecule has 11 N–H and O–H groups in total. The first-order chi connectivity index (χ1) is 17.3. The smallest absolute Gasteiger partial charge is 0.326 e. The van der Waals surface area contributed by atoms with E-state index in [4.69, 9.17) is 17.2 Å². The Bertz CT molecular complexity index is 953. The minimum absolute atomic E-state index is 0.0188. The topological polar surface area (TPSA) is 235 Å². The Morgan fingerprint density at radius 2 is 1.57 bits per heavy atom. The highest BCUT2D eigenvalue weighted by Gasteiger charge is 2.31. The van der Waals surface area contributed by atoms with Crippen LogP contribution in [0.15, 0.2) is 29.3 Å². The van der Waals surface area contributed by atoms with Crippen molar-refractivity contribution >= 4 is 42.3 Å². The molecular formula is C23H37N7O6S. The van der Waals surface area contributed by atoms with Gasteiger partial charge < -0.3 is 43.4 Å². The van der Waals surface area contributed by atoms with Gasteiger partial charge in [-0.3, -0.25) is 19.4 Å². The lowest BCUT2D eigenvalue weighted by Crippen LogP contribution is -2.58. The molecule has 13 nitrogen and oxygen atoms in total. The van der Waals surface area contributed by atoms with Gasteiger partial charge in [-0.2, -0.15) is 12.6 Å². The number of aliphatic carboxylic acids is 1. The van der Waals surface area contributed by atoms with Crippen molar-refractivity contribution in [3.63, 3.8) is 0 Å². The number of phenols is 1. The summed E-state index contributed by atoms with van der Waals surface area (Å²) in [5, 5.41) is 26.7. The number of aromatic hydroxyl groups is 1. The minimum atomic E-state index is -1.30. The molecule has 0 aromatic heterocycles. The fourth-order valence-corrected chi connectivity index (χ4v) is 3.42. The third-order valence-electron chi connectivity index (χ3n) is 5.35. The Kier molecular flexibility index (Phi) is 13.3. The van der Waals surface area contributed by atoms with Gasteiger partial charge >= 0.3 is 5.97 Å². The van der Waals surface area contributed by atoms with Crippen molar-refractivity contribution in [2.45, 2.75) is 57.3 Å². The van der Waals surface area contributed by atoms with Crippen molar-refractivity contribution in [3.05, 3.63) is 29.8 Å². The fourth-order valence-electron chi connectivity index (χ4n) is 3.25. The van der Waals surface area contributed by atoms with Crippen molar-refractivity contribution in [3.8, 4) is 5.75 Å². The van der Waals surface area contributed by atoms with Gasteiger partial charge in [-0.25, -0.2) is 4.79 Å². The van der Waals surface area contributed by atoms with Crippen LogP contribution in [0.2, 0.25) is 0 Å². The Morgan fingerprint density at radius 1 is 0.973 bits per heavy atom. The summed E-state index contributed by atoms with van der Waals surface area (Å²) >= 11 is 3.99. The van der Waals surface area contributed by atoms with Crippen molar-refractivity contribution < 1.29 is 29.4 Å². The van der Waals surface area contributed by atoms with E-state index >= 15 is 0 Å². The molecule has 0 saturated heterocycles. The maximum atomic E-state index is 13.1. The number of guanidine groups is 1. The highest BCUT2D eigenvalue weighted by atomic mass is 32.1. The number of nitrogens with two attached hydrogens (primary N) is 3. The molecule has 3 amide bonds. The summed E-state index contributed by atoms with van der Waals surface area (Å²) in [6, 6.07) is 1.52. The van der Waals surface area contributed by atoms with Gasteiger partial charge in [0.1, 0.15) is 23.9 Å². The molecular weight excluding hydrogens is 502 g/mol. The normalized spacial score (nSPS) is 14.1. The van der Waals surface area contributed by atoms with Crippen LogP contribution in [0.4, 0.5) is 0 Å². The van der Waals surface area contributed by atoms with E-state index in [9.17, 15) is 29.4 Å². The number of thiol groups is 1. The lowest BCUT2D eigenvalue weighted by Gasteiger charge is -2.27. The lowest BCUT2D eigenvalue weighted by molar-refractivity contribution is -0.142. The van der Waals surface area contributed by atoms with Gasteiger partial charge in [-0.05, 0) is 36.5 Å². The average molecular weight is 540 g/mol. The predicted octanol–water partition coefficient (Wildman–Crippen LogP) is -1.56. The van der Waals surface area contributed by atoms with Gasteiger partial charge in [0.25, 0.3) is 0 Å². The Morgan fingerprint density at radius 3 is 2.08 bits per heavy atom. The first kappa shape index (κ1) is 31.5. The number of aliphatic imine (C=N–C) groups is 1. The van der Waals surface area contributed by atoms with Crippen LogP contribution in [0.25, 0.3) is 0 Å². The van der Waals surface area contributed by atoms with Crippen molar-refractivity contribution in [1.29, 1.82) is 0 Å². The van der Waals surface area contributed by atoms with Crippen LogP contribution >= 0.6 is 12.6 Å². The standard InChI is InChI=1S/C23H37N7O6S/c1-12(2)18(30-19(32)15(24)11-37)21(34)28-16(4-3-9-27-23(25)26)20(33)29-17(22(35)36)10-13-5-7-14(31)8-6-13/h5-8,12,15-18,31,37H,3-4,9-11,24H2,1-2H3,(H,28,34)(H,29,33)(H,30,32)(H,35,36)(H4,25,26,27). The van der Waals surface area contributed by atoms with Gasteiger partial charge in [0, 0.05) is 18.7 Å². The molecule has 0 saturated carbocycles. The number of carbonyl (C=O) groups is 4. The first-order valence-corrected chi connectivity index (χ1v) is 12.3. The summed E-state index contributed by atoms with van der Waals surface area (Å²) in [5.74, 6) is -3.60. The zero-order valence-corrected chi connectivity index (χ0v) is 21.8. The monoisotopic (exact) mass is 539 g/mol. The highest BCUT2D eigenvalue weighted by Crippen LogP contribution is 2.12. The van der Waals surface area contributed by atoms with Crippen LogP contribution in [0.5, 0.6) is 5.75 Å². The maximum absolute atomic E-state index is 13.1. The van der Waals surface area contributed by atoms with Crippen LogP contribution < -0.4 is 33.2 Å². The average Bonchev–Trinajstić information content (AvgIpc) is 2.83. The lowest BCUT2D eigenvalue weighted by atomic mass is 10.0. The van der Waals surface area contributed by atoms with E-state index < -0.39 is 47.9 Å². The summed E-state index contributed by atoms with van der Waals surface area (Å²) in [4.78, 5) is 54.1. The van der Waals surface area contributed by atoms with E-state index in [-0.39, 0.29) is 42.8 Å². The number of hydrogen-bond acceptors (Lipinski definition) is 8. The number of amides is 3. The largest absolute Gasteiger partial charge is 0.508 e. The SMILES string of the molecule is CC(C)C(NC(=O)C(N)CS)C(=O)NC(CCCN=C(N)N)C(=O)NC(Cc1ccc(O)cc1)C(=O)O. The third-order valence-corrected chi connectivity index (χ3v) is 5.74. The third kappa shape index (κ3) is 11.4. The molecule has 1 aromatic carbocycles. The second-order valence-electron chi connectivity index (χ2n) is 8.80. The number of carbonyl (C=O) groups excluding carboxylic acids is 3. The molecule has 0 aliphatic rings. The van der Waals surface area contributed by atoms with Crippen LogP contribution in [-0.2, 0) is 25.6 Å². The molecule has 4 atom stereocenters. The second-order valence-corrected chi connectivity index (χ2v) is 9.16. The number of carboxylic acid groups (broad SMARTS) is 1. The molecule has 0 aliphatic carbocycles. The Balaban J connectivity index is 3.05. The number of nitrogens with one attached hydrogen (secondary N) is 3. The molecule has 0 heterocycles. The number of phenolic OH excluding ortho intramolecular Hbond substituents is 1. The highest BCUT2D eigenvalue weighted by molar-refractivity contribution is 7.80. The molecule has 14 heteroatoms. The summed E-state index contributed by atoms with van der Waals surface area (Å²) in [6.07, 6.45) is 0.340. The zero-order valence-electron chi connectivity index (χ0n) is 20.9. The quantitative estimate of drug-likeness (QED) is 0.0541. The molecule has 206 valence electrons. The summed E-state index contributed by atoms with van der Waals surface area (Å²) in [7, 11) is 0. The Labute approximate surface area is 221 Å². The molecule has 4 unspecified atom stereocenters. The molecule has 0 fully saturated rings. The van der Waals surface area contributed by atoms with Crippen LogP contribution in [-0.4, -0.2) is 76.3 Å². The molecule has 1 rings (SSSR count). The van der Waals surface area contributed by atoms with E-state index in [1.54, 1.807) is 13.8 Å². The number of nitrogens with zero attached hydrogens (tertiary/aromatic N) is 1. The number of benzene rings is 1. The van der Waals surface area contributed by atoms with Crippen LogP contribution in [0.1, 0.15) is 32.3 Å².